The number of anilines is 2. The van der Waals surface area contributed by atoms with Gasteiger partial charge in [0.25, 0.3) is 0 Å². The topological polar surface area (TPSA) is 59.5 Å². The molecule has 0 unspecified atom stereocenters. The number of hydrogen-bond donors (Lipinski definition) is 1. The van der Waals surface area contributed by atoms with Crippen LogP contribution in [0.3, 0.4) is 0 Å². The quantitative estimate of drug-likeness (QED) is 0.911. The summed E-state index contributed by atoms with van der Waals surface area (Å²) >= 11 is 0. The van der Waals surface area contributed by atoms with Crippen LogP contribution in [0, 0.1) is 0 Å². The molecular weight excluding hydrogens is 304 g/mol. The lowest BCUT2D eigenvalue weighted by Crippen LogP contribution is -2.29. The number of benzene rings is 1. The third-order valence-electron chi connectivity index (χ3n) is 4.73. The van der Waals surface area contributed by atoms with Crippen LogP contribution in [0.15, 0.2) is 24.3 Å². The summed E-state index contributed by atoms with van der Waals surface area (Å²) in [7, 11) is 0. The van der Waals surface area contributed by atoms with E-state index in [4.69, 9.17) is 19.4 Å². The molecule has 2 fully saturated rings. The molecule has 128 valence electrons. The normalized spacial score (nSPS) is 20.0. The lowest BCUT2D eigenvalue weighted by molar-refractivity contribution is -0.144. The van der Waals surface area contributed by atoms with E-state index in [1.54, 1.807) is 0 Å². The van der Waals surface area contributed by atoms with Gasteiger partial charge in [-0.25, -0.2) is 9.97 Å². The van der Waals surface area contributed by atoms with Gasteiger partial charge >= 0.3 is 0 Å². The Morgan fingerprint density at radius 3 is 2.46 bits per heavy atom. The summed E-state index contributed by atoms with van der Waals surface area (Å²) in [5.41, 5.74) is 1.86. The number of rotatable bonds is 5. The molecule has 2 saturated heterocycles. The molecule has 0 amide bonds. The maximum Gasteiger partial charge on any atom is 0.172 e. The van der Waals surface area contributed by atoms with Crippen LogP contribution in [0.5, 0.6) is 0 Å². The van der Waals surface area contributed by atoms with Crippen molar-refractivity contribution in [3.63, 3.8) is 0 Å². The van der Waals surface area contributed by atoms with Crippen molar-refractivity contribution in [2.45, 2.75) is 32.0 Å². The van der Waals surface area contributed by atoms with Gasteiger partial charge in [-0.3, -0.25) is 0 Å². The number of para-hydroxylation sites is 2. The van der Waals surface area contributed by atoms with Crippen LogP contribution in [0.2, 0.25) is 0 Å². The van der Waals surface area contributed by atoms with E-state index in [0.29, 0.717) is 13.2 Å². The van der Waals surface area contributed by atoms with E-state index in [-0.39, 0.29) is 0 Å². The highest BCUT2D eigenvalue weighted by molar-refractivity contribution is 5.80. The zero-order valence-corrected chi connectivity index (χ0v) is 14.1. The average molecular weight is 328 g/mol. The number of fused-ring (bicyclic) bond motifs is 1. The summed E-state index contributed by atoms with van der Waals surface area (Å²) in [6.07, 6.45) is 3.21. The molecule has 2 aliphatic rings. The third kappa shape index (κ3) is 3.16. The predicted octanol–water partition coefficient (Wildman–Crippen LogP) is 2.80. The van der Waals surface area contributed by atoms with Crippen molar-refractivity contribution in [2.24, 2.45) is 0 Å². The molecule has 1 aromatic carbocycles. The number of hydrogen-bond acceptors (Lipinski definition) is 6. The molecule has 3 heterocycles. The van der Waals surface area contributed by atoms with E-state index in [1.807, 2.05) is 31.2 Å². The zero-order valence-electron chi connectivity index (χ0n) is 14.1. The van der Waals surface area contributed by atoms with E-state index in [9.17, 15) is 0 Å². The maximum atomic E-state index is 5.67. The molecule has 24 heavy (non-hydrogen) atoms. The van der Waals surface area contributed by atoms with Crippen molar-refractivity contribution >= 4 is 22.7 Å². The Labute approximate surface area is 142 Å². The third-order valence-corrected chi connectivity index (χ3v) is 4.73. The molecule has 0 spiro atoms. The molecule has 2 aromatic rings. The minimum absolute atomic E-state index is 0.481. The van der Waals surface area contributed by atoms with E-state index in [2.05, 4.69) is 10.2 Å². The second-order valence-corrected chi connectivity index (χ2v) is 6.59. The van der Waals surface area contributed by atoms with Gasteiger partial charge < -0.3 is 19.7 Å². The minimum Gasteiger partial charge on any atom is -0.367 e. The van der Waals surface area contributed by atoms with Crippen LogP contribution in [0.25, 0.3) is 11.0 Å². The Bertz CT molecular complexity index is 709. The Morgan fingerprint density at radius 1 is 1.08 bits per heavy atom. The van der Waals surface area contributed by atoms with Crippen LogP contribution in [-0.4, -0.2) is 48.6 Å². The Balaban J connectivity index is 1.56. The van der Waals surface area contributed by atoms with Crippen molar-refractivity contribution < 1.29 is 9.47 Å². The van der Waals surface area contributed by atoms with Crippen molar-refractivity contribution in [1.29, 1.82) is 0 Å². The van der Waals surface area contributed by atoms with Gasteiger partial charge in [0.15, 0.2) is 17.4 Å². The molecule has 6 heteroatoms. The molecule has 6 nitrogen and oxygen atoms in total. The lowest BCUT2D eigenvalue weighted by atomic mass is 10.2. The molecule has 0 saturated carbocycles. The first-order valence-corrected chi connectivity index (χ1v) is 8.77. The molecule has 0 atom stereocenters. The van der Waals surface area contributed by atoms with Gasteiger partial charge in [0.05, 0.1) is 24.2 Å². The molecule has 0 bridgehead atoms. The smallest absolute Gasteiger partial charge is 0.172 e. The molecule has 2 aliphatic heterocycles. The van der Waals surface area contributed by atoms with Gasteiger partial charge in [0, 0.05) is 26.1 Å². The van der Waals surface area contributed by atoms with Crippen LogP contribution >= 0.6 is 0 Å². The largest absolute Gasteiger partial charge is 0.367 e. The van der Waals surface area contributed by atoms with Gasteiger partial charge in [-0.05, 0) is 31.9 Å². The van der Waals surface area contributed by atoms with Gasteiger partial charge in [0.2, 0.25) is 0 Å². The summed E-state index contributed by atoms with van der Waals surface area (Å²) in [5, 5.41) is 3.46. The number of nitrogens with zero attached hydrogens (tertiary/aromatic N) is 3. The van der Waals surface area contributed by atoms with Crippen LogP contribution in [-0.2, 0) is 9.47 Å². The molecule has 1 aromatic heterocycles. The Hall–Kier alpha value is -1.92. The summed E-state index contributed by atoms with van der Waals surface area (Å²) < 4.78 is 11.3. The summed E-state index contributed by atoms with van der Waals surface area (Å²) in [6, 6.07) is 8.03. The van der Waals surface area contributed by atoms with Crippen molar-refractivity contribution in [3.8, 4) is 0 Å². The summed E-state index contributed by atoms with van der Waals surface area (Å²) in [4.78, 5) is 12.0. The molecule has 4 rings (SSSR count). The molecular formula is C18H24N4O2. The number of aromatic nitrogens is 2. The maximum absolute atomic E-state index is 5.67. The second kappa shape index (κ2) is 6.53. The summed E-state index contributed by atoms with van der Waals surface area (Å²) in [6.45, 7) is 6.17. The highest BCUT2D eigenvalue weighted by atomic mass is 16.7. The first kappa shape index (κ1) is 15.6. The van der Waals surface area contributed by atoms with Crippen molar-refractivity contribution in [3.05, 3.63) is 24.3 Å². The highest BCUT2D eigenvalue weighted by Crippen LogP contribution is 2.28. The zero-order chi connectivity index (χ0) is 16.4. The van der Waals surface area contributed by atoms with Gasteiger partial charge in [-0.1, -0.05) is 12.1 Å². The van der Waals surface area contributed by atoms with E-state index in [0.717, 1.165) is 48.7 Å². The van der Waals surface area contributed by atoms with Crippen LogP contribution in [0.1, 0.15) is 26.2 Å². The molecule has 1 N–H and O–H groups in total. The fraction of sp³-hybridized carbons (Fsp3) is 0.556. The molecule has 0 aliphatic carbocycles. The average Bonchev–Trinajstić information content (AvgIpc) is 3.26. The van der Waals surface area contributed by atoms with Crippen LogP contribution in [0.4, 0.5) is 11.6 Å². The van der Waals surface area contributed by atoms with Crippen molar-refractivity contribution in [1.82, 2.24) is 9.97 Å². The van der Waals surface area contributed by atoms with Gasteiger partial charge in [0.1, 0.15) is 0 Å². The monoisotopic (exact) mass is 328 g/mol. The first-order valence-electron chi connectivity index (χ1n) is 8.77. The van der Waals surface area contributed by atoms with E-state index < -0.39 is 5.79 Å². The fourth-order valence-corrected chi connectivity index (χ4v) is 3.37. The SMILES string of the molecule is CC1(CCNc2nc3ccccc3nc2N2CCCC2)OCCO1. The summed E-state index contributed by atoms with van der Waals surface area (Å²) in [5.74, 6) is 1.34. The Morgan fingerprint density at radius 2 is 1.75 bits per heavy atom. The Kier molecular flexibility index (Phi) is 4.24. The van der Waals surface area contributed by atoms with Crippen molar-refractivity contribution in [2.75, 3.05) is 43.1 Å². The van der Waals surface area contributed by atoms with Gasteiger partial charge in [-0.15, -0.1) is 0 Å². The van der Waals surface area contributed by atoms with Crippen LogP contribution < -0.4 is 10.2 Å². The number of ether oxygens (including phenoxy) is 2. The molecule has 0 radical (unpaired) electrons. The minimum atomic E-state index is -0.481. The fourth-order valence-electron chi connectivity index (χ4n) is 3.37. The number of nitrogens with one attached hydrogen (secondary N) is 1. The van der Waals surface area contributed by atoms with E-state index in [1.165, 1.54) is 12.8 Å². The first-order chi connectivity index (χ1) is 11.7. The standard InChI is InChI=1S/C18H24N4O2/c1-18(23-12-13-24-18)8-9-19-16-17(22-10-4-5-11-22)21-15-7-3-2-6-14(15)20-16/h2-3,6-7H,4-5,8-13H2,1H3,(H,19,20). The van der Waals surface area contributed by atoms with Gasteiger partial charge in [-0.2, -0.15) is 0 Å². The lowest BCUT2D eigenvalue weighted by Gasteiger charge is -2.24. The van der Waals surface area contributed by atoms with E-state index >= 15 is 0 Å². The highest BCUT2D eigenvalue weighted by Gasteiger charge is 2.30. The second-order valence-electron chi connectivity index (χ2n) is 6.59. The predicted molar refractivity (Wildman–Crippen MR) is 94.4 cm³/mol.